The summed E-state index contributed by atoms with van der Waals surface area (Å²) in [7, 11) is 0. The topological polar surface area (TPSA) is 47.1 Å². The number of aromatic nitrogens is 2. The van der Waals surface area contributed by atoms with Gasteiger partial charge in [-0.05, 0) is 26.2 Å². The molecule has 0 spiro atoms. The second kappa shape index (κ2) is 4.87. The van der Waals surface area contributed by atoms with Gasteiger partial charge in [-0.1, -0.05) is 6.92 Å². The van der Waals surface area contributed by atoms with Crippen molar-refractivity contribution >= 4 is 5.69 Å². The SMILES string of the molecule is CCC1CCC(C)N1CCn1cc(N)cn1. The van der Waals surface area contributed by atoms with Gasteiger partial charge in [0.15, 0.2) is 0 Å². The summed E-state index contributed by atoms with van der Waals surface area (Å²) in [5, 5.41) is 4.22. The maximum absolute atomic E-state index is 5.65. The monoisotopic (exact) mass is 222 g/mol. The van der Waals surface area contributed by atoms with Crippen LogP contribution in [0.15, 0.2) is 12.4 Å². The van der Waals surface area contributed by atoms with E-state index in [1.54, 1.807) is 6.20 Å². The molecule has 0 amide bonds. The van der Waals surface area contributed by atoms with Crippen molar-refractivity contribution in [2.75, 3.05) is 12.3 Å². The molecule has 2 unspecified atom stereocenters. The van der Waals surface area contributed by atoms with Crippen LogP contribution in [0.4, 0.5) is 5.69 Å². The second-order valence-corrected chi connectivity index (χ2v) is 4.76. The van der Waals surface area contributed by atoms with E-state index >= 15 is 0 Å². The first-order chi connectivity index (χ1) is 7.70. The quantitative estimate of drug-likeness (QED) is 0.844. The van der Waals surface area contributed by atoms with Crippen LogP contribution in [0.2, 0.25) is 0 Å². The highest BCUT2D eigenvalue weighted by Gasteiger charge is 2.28. The Balaban J connectivity index is 1.89. The molecule has 90 valence electrons. The number of anilines is 1. The molecule has 1 aromatic rings. The smallest absolute Gasteiger partial charge is 0.0719 e. The number of nitrogen functional groups attached to an aromatic ring is 1. The molecule has 4 nitrogen and oxygen atoms in total. The number of nitrogens with zero attached hydrogens (tertiary/aromatic N) is 3. The van der Waals surface area contributed by atoms with Gasteiger partial charge >= 0.3 is 0 Å². The third-order valence-electron chi connectivity index (χ3n) is 3.66. The first-order valence-electron chi connectivity index (χ1n) is 6.24. The fourth-order valence-electron chi connectivity index (χ4n) is 2.69. The molecule has 2 heterocycles. The van der Waals surface area contributed by atoms with Crippen molar-refractivity contribution in [3.8, 4) is 0 Å². The predicted octanol–water partition coefficient (Wildman–Crippen LogP) is 1.73. The highest BCUT2D eigenvalue weighted by Crippen LogP contribution is 2.25. The first kappa shape index (κ1) is 11.5. The summed E-state index contributed by atoms with van der Waals surface area (Å²) in [5.74, 6) is 0. The summed E-state index contributed by atoms with van der Waals surface area (Å²) >= 11 is 0. The Hall–Kier alpha value is -1.03. The summed E-state index contributed by atoms with van der Waals surface area (Å²) in [6, 6.07) is 1.49. The number of likely N-dealkylation sites (tertiary alicyclic amines) is 1. The molecule has 2 rings (SSSR count). The van der Waals surface area contributed by atoms with E-state index in [2.05, 4.69) is 23.8 Å². The van der Waals surface area contributed by atoms with E-state index < -0.39 is 0 Å². The molecule has 0 aromatic carbocycles. The summed E-state index contributed by atoms with van der Waals surface area (Å²) < 4.78 is 1.94. The van der Waals surface area contributed by atoms with Gasteiger partial charge in [0.2, 0.25) is 0 Å². The maximum Gasteiger partial charge on any atom is 0.0719 e. The molecule has 16 heavy (non-hydrogen) atoms. The molecule has 2 atom stereocenters. The zero-order chi connectivity index (χ0) is 11.5. The minimum atomic E-state index is 0.720. The van der Waals surface area contributed by atoms with Gasteiger partial charge in [0, 0.05) is 24.8 Å². The Morgan fingerprint density at radius 1 is 1.44 bits per heavy atom. The molecule has 0 aliphatic carbocycles. The average Bonchev–Trinajstić information content (AvgIpc) is 2.82. The molecule has 1 saturated heterocycles. The maximum atomic E-state index is 5.65. The van der Waals surface area contributed by atoms with Crippen LogP contribution in [0.1, 0.15) is 33.1 Å². The van der Waals surface area contributed by atoms with Crippen molar-refractivity contribution in [1.82, 2.24) is 14.7 Å². The lowest BCUT2D eigenvalue weighted by molar-refractivity contribution is 0.188. The van der Waals surface area contributed by atoms with Crippen molar-refractivity contribution in [2.24, 2.45) is 0 Å². The highest BCUT2D eigenvalue weighted by molar-refractivity contribution is 5.30. The van der Waals surface area contributed by atoms with Crippen LogP contribution in [-0.4, -0.2) is 33.3 Å². The molecule has 0 radical (unpaired) electrons. The van der Waals surface area contributed by atoms with Gasteiger partial charge in [0.05, 0.1) is 18.4 Å². The van der Waals surface area contributed by atoms with Crippen molar-refractivity contribution in [3.63, 3.8) is 0 Å². The van der Waals surface area contributed by atoms with Crippen LogP contribution >= 0.6 is 0 Å². The first-order valence-corrected chi connectivity index (χ1v) is 6.24. The van der Waals surface area contributed by atoms with Crippen LogP contribution in [0.5, 0.6) is 0 Å². The number of nitrogens with two attached hydrogens (primary N) is 1. The minimum Gasteiger partial charge on any atom is -0.396 e. The van der Waals surface area contributed by atoms with Crippen LogP contribution in [-0.2, 0) is 6.54 Å². The minimum absolute atomic E-state index is 0.720. The summed E-state index contributed by atoms with van der Waals surface area (Å²) in [5.41, 5.74) is 6.40. The Bertz CT molecular complexity index is 334. The Kier molecular flexibility index (Phi) is 3.49. The lowest BCUT2D eigenvalue weighted by Gasteiger charge is -2.27. The Morgan fingerprint density at radius 2 is 2.25 bits per heavy atom. The van der Waals surface area contributed by atoms with E-state index in [9.17, 15) is 0 Å². The van der Waals surface area contributed by atoms with Crippen LogP contribution in [0.3, 0.4) is 0 Å². The third kappa shape index (κ3) is 2.38. The van der Waals surface area contributed by atoms with Crippen LogP contribution < -0.4 is 5.73 Å². The molecule has 1 aliphatic heterocycles. The van der Waals surface area contributed by atoms with Crippen LogP contribution in [0, 0.1) is 0 Å². The standard InChI is InChI=1S/C12H22N4/c1-3-12-5-4-10(2)16(12)7-6-15-9-11(13)8-14-15/h8-10,12H,3-7,13H2,1-2H3. The zero-order valence-corrected chi connectivity index (χ0v) is 10.3. The van der Waals surface area contributed by atoms with Crippen LogP contribution in [0.25, 0.3) is 0 Å². The van der Waals surface area contributed by atoms with E-state index in [0.717, 1.165) is 30.9 Å². The van der Waals surface area contributed by atoms with Gasteiger partial charge in [-0.25, -0.2) is 0 Å². The van der Waals surface area contributed by atoms with Gasteiger partial charge in [-0.2, -0.15) is 5.10 Å². The molecule has 1 aliphatic rings. The van der Waals surface area contributed by atoms with Gasteiger partial charge in [-0.3, -0.25) is 9.58 Å². The molecular weight excluding hydrogens is 200 g/mol. The van der Waals surface area contributed by atoms with Gasteiger partial charge in [-0.15, -0.1) is 0 Å². The van der Waals surface area contributed by atoms with E-state index in [4.69, 9.17) is 5.73 Å². The molecule has 2 N–H and O–H groups in total. The number of rotatable bonds is 4. The van der Waals surface area contributed by atoms with E-state index in [1.165, 1.54) is 19.3 Å². The number of hydrogen-bond donors (Lipinski definition) is 1. The summed E-state index contributed by atoms with van der Waals surface area (Å²) in [4.78, 5) is 2.61. The fourth-order valence-corrected chi connectivity index (χ4v) is 2.69. The third-order valence-corrected chi connectivity index (χ3v) is 3.66. The van der Waals surface area contributed by atoms with E-state index in [-0.39, 0.29) is 0 Å². The Labute approximate surface area is 97.4 Å². The largest absolute Gasteiger partial charge is 0.396 e. The normalized spacial score (nSPS) is 26.4. The Morgan fingerprint density at radius 3 is 2.88 bits per heavy atom. The lowest BCUT2D eigenvalue weighted by Crippen LogP contribution is -2.36. The van der Waals surface area contributed by atoms with Gasteiger partial charge in [0.1, 0.15) is 0 Å². The molecule has 0 saturated carbocycles. The number of hydrogen-bond acceptors (Lipinski definition) is 3. The highest BCUT2D eigenvalue weighted by atomic mass is 15.3. The average molecular weight is 222 g/mol. The van der Waals surface area contributed by atoms with E-state index in [1.807, 2.05) is 10.9 Å². The molecule has 1 aromatic heterocycles. The van der Waals surface area contributed by atoms with Gasteiger partial charge < -0.3 is 5.73 Å². The van der Waals surface area contributed by atoms with Crippen molar-refractivity contribution in [2.45, 2.75) is 51.7 Å². The lowest BCUT2D eigenvalue weighted by atomic mass is 10.1. The summed E-state index contributed by atoms with van der Waals surface area (Å²) in [6.07, 6.45) is 7.55. The summed E-state index contributed by atoms with van der Waals surface area (Å²) in [6.45, 7) is 6.63. The molecule has 0 bridgehead atoms. The molecule has 4 heteroatoms. The van der Waals surface area contributed by atoms with Crippen molar-refractivity contribution in [1.29, 1.82) is 0 Å². The predicted molar refractivity (Wildman–Crippen MR) is 66.1 cm³/mol. The van der Waals surface area contributed by atoms with E-state index in [0.29, 0.717) is 0 Å². The molecule has 1 fully saturated rings. The zero-order valence-electron chi connectivity index (χ0n) is 10.3. The van der Waals surface area contributed by atoms with Gasteiger partial charge in [0.25, 0.3) is 0 Å². The fraction of sp³-hybridized carbons (Fsp3) is 0.750. The molecular formula is C12H22N4. The van der Waals surface area contributed by atoms with Crippen molar-refractivity contribution < 1.29 is 0 Å². The van der Waals surface area contributed by atoms with Crippen molar-refractivity contribution in [3.05, 3.63) is 12.4 Å². The second-order valence-electron chi connectivity index (χ2n) is 4.76.